The van der Waals surface area contributed by atoms with Gasteiger partial charge in [-0.25, -0.2) is 16.8 Å². The average molecular weight is 488 g/mol. The van der Waals surface area contributed by atoms with Gasteiger partial charge in [-0.05, 0) is 74.4 Å². The van der Waals surface area contributed by atoms with Crippen LogP contribution < -0.4 is 14.8 Å². The van der Waals surface area contributed by atoms with E-state index in [0.717, 1.165) is 17.4 Å². The summed E-state index contributed by atoms with van der Waals surface area (Å²) in [6, 6.07) is 15.8. The summed E-state index contributed by atoms with van der Waals surface area (Å²) in [5, 5.41) is 2.68. The first-order valence-corrected chi connectivity index (χ1v) is 13.3. The SMILES string of the molecule is Cc1ccc(NS(=O)(=O)c2ccc(NC(=O)c3ccc(C)c(NS(C)(=O)=O)c3)cc2)c(C)c1. The van der Waals surface area contributed by atoms with Gasteiger partial charge in [0.05, 0.1) is 22.5 Å². The molecule has 3 N–H and O–H groups in total. The summed E-state index contributed by atoms with van der Waals surface area (Å²) in [5.41, 5.74) is 3.96. The lowest BCUT2D eigenvalue weighted by atomic mass is 10.1. The Kier molecular flexibility index (Phi) is 6.80. The summed E-state index contributed by atoms with van der Waals surface area (Å²) in [7, 11) is -7.29. The van der Waals surface area contributed by atoms with Crippen LogP contribution in [0.25, 0.3) is 0 Å². The smallest absolute Gasteiger partial charge is 0.261 e. The van der Waals surface area contributed by atoms with Crippen molar-refractivity contribution < 1.29 is 21.6 Å². The number of carbonyl (C=O) groups excluding carboxylic acids is 1. The highest BCUT2D eigenvalue weighted by Gasteiger charge is 2.16. The molecule has 0 fully saturated rings. The van der Waals surface area contributed by atoms with E-state index in [2.05, 4.69) is 14.8 Å². The van der Waals surface area contributed by atoms with Crippen LogP contribution in [0.5, 0.6) is 0 Å². The summed E-state index contributed by atoms with van der Waals surface area (Å²) in [4.78, 5) is 12.7. The number of aryl methyl sites for hydroxylation is 3. The Balaban J connectivity index is 1.75. The molecule has 0 saturated carbocycles. The van der Waals surface area contributed by atoms with Gasteiger partial charge in [0, 0.05) is 11.3 Å². The predicted molar refractivity (Wildman–Crippen MR) is 131 cm³/mol. The predicted octanol–water partition coefficient (Wildman–Crippen LogP) is 4.04. The number of anilines is 3. The van der Waals surface area contributed by atoms with Crippen LogP contribution in [-0.4, -0.2) is 29.0 Å². The van der Waals surface area contributed by atoms with Gasteiger partial charge in [-0.3, -0.25) is 14.2 Å². The van der Waals surface area contributed by atoms with Gasteiger partial charge in [0.25, 0.3) is 15.9 Å². The van der Waals surface area contributed by atoms with Gasteiger partial charge in [0.15, 0.2) is 0 Å². The van der Waals surface area contributed by atoms with Crippen molar-refractivity contribution in [3.8, 4) is 0 Å². The number of hydrogen-bond donors (Lipinski definition) is 3. The monoisotopic (exact) mass is 487 g/mol. The van der Waals surface area contributed by atoms with Gasteiger partial charge in [-0.15, -0.1) is 0 Å². The van der Waals surface area contributed by atoms with E-state index in [9.17, 15) is 21.6 Å². The minimum Gasteiger partial charge on any atom is -0.322 e. The molecular formula is C23H25N3O5S2. The highest BCUT2D eigenvalue weighted by molar-refractivity contribution is 7.92. The second-order valence-electron chi connectivity index (χ2n) is 7.81. The number of sulfonamides is 2. The van der Waals surface area contributed by atoms with Crippen LogP contribution in [0.15, 0.2) is 65.6 Å². The molecule has 0 atom stereocenters. The van der Waals surface area contributed by atoms with E-state index in [1.807, 2.05) is 26.0 Å². The maximum absolute atomic E-state index is 12.7. The molecule has 0 bridgehead atoms. The Morgan fingerprint density at radius 3 is 2.00 bits per heavy atom. The lowest BCUT2D eigenvalue weighted by Crippen LogP contribution is -2.15. The summed E-state index contributed by atoms with van der Waals surface area (Å²) in [5.74, 6) is -0.462. The molecule has 0 unspecified atom stereocenters. The average Bonchev–Trinajstić information content (AvgIpc) is 2.71. The summed E-state index contributed by atoms with van der Waals surface area (Å²) in [6.45, 7) is 5.48. The number of benzene rings is 3. The fraction of sp³-hybridized carbons (Fsp3) is 0.174. The molecule has 0 spiro atoms. The van der Waals surface area contributed by atoms with E-state index in [-0.39, 0.29) is 10.5 Å². The van der Waals surface area contributed by atoms with E-state index in [4.69, 9.17) is 0 Å². The minimum atomic E-state index is -3.80. The van der Waals surface area contributed by atoms with E-state index >= 15 is 0 Å². The fourth-order valence-electron chi connectivity index (χ4n) is 3.13. The first-order valence-electron chi connectivity index (χ1n) is 9.94. The maximum atomic E-state index is 12.7. The maximum Gasteiger partial charge on any atom is 0.261 e. The van der Waals surface area contributed by atoms with Crippen molar-refractivity contribution >= 4 is 43.0 Å². The zero-order valence-electron chi connectivity index (χ0n) is 18.6. The molecule has 0 aromatic heterocycles. The van der Waals surface area contributed by atoms with Crippen LogP contribution in [-0.2, 0) is 20.0 Å². The van der Waals surface area contributed by atoms with E-state index in [1.165, 1.54) is 30.3 Å². The van der Waals surface area contributed by atoms with Gasteiger partial charge < -0.3 is 5.32 Å². The highest BCUT2D eigenvalue weighted by atomic mass is 32.2. The largest absolute Gasteiger partial charge is 0.322 e. The quantitative estimate of drug-likeness (QED) is 0.464. The molecule has 0 aliphatic carbocycles. The Hall–Kier alpha value is -3.37. The minimum absolute atomic E-state index is 0.0513. The topological polar surface area (TPSA) is 121 Å². The van der Waals surface area contributed by atoms with Crippen LogP contribution in [0.2, 0.25) is 0 Å². The first kappa shape index (κ1) is 24.3. The molecule has 0 heterocycles. The number of nitrogens with one attached hydrogen (secondary N) is 3. The molecule has 33 heavy (non-hydrogen) atoms. The third kappa shape index (κ3) is 6.33. The Morgan fingerprint density at radius 2 is 1.39 bits per heavy atom. The zero-order chi connectivity index (χ0) is 24.4. The highest BCUT2D eigenvalue weighted by Crippen LogP contribution is 2.23. The molecule has 0 aliphatic heterocycles. The molecule has 0 aliphatic rings. The van der Waals surface area contributed by atoms with Gasteiger partial charge >= 0.3 is 0 Å². The number of carbonyl (C=O) groups is 1. The molecule has 174 valence electrons. The van der Waals surface area contributed by atoms with Gasteiger partial charge in [-0.2, -0.15) is 0 Å². The molecular weight excluding hydrogens is 462 g/mol. The lowest BCUT2D eigenvalue weighted by Gasteiger charge is -2.12. The zero-order valence-corrected chi connectivity index (χ0v) is 20.3. The summed E-state index contributed by atoms with van der Waals surface area (Å²) < 4.78 is 53.4. The Bertz CT molecular complexity index is 1410. The third-order valence-corrected chi connectivity index (χ3v) is 6.82. The molecule has 3 aromatic carbocycles. The van der Waals surface area contributed by atoms with Crippen molar-refractivity contribution in [1.82, 2.24) is 0 Å². The number of amides is 1. The Morgan fingerprint density at radius 1 is 0.727 bits per heavy atom. The van der Waals surface area contributed by atoms with E-state index < -0.39 is 26.0 Å². The fourth-order valence-corrected chi connectivity index (χ4v) is 4.88. The molecule has 10 heteroatoms. The van der Waals surface area contributed by atoms with Crippen molar-refractivity contribution in [2.75, 3.05) is 21.0 Å². The van der Waals surface area contributed by atoms with Crippen LogP contribution >= 0.6 is 0 Å². The summed E-state index contributed by atoms with van der Waals surface area (Å²) in [6.07, 6.45) is 1.03. The third-order valence-electron chi connectivity index (χ3n) is 4.84. The van der Waals surface area contributed by atoms with Crippen LogP contribution in [0.1, 0.15) is 27.0 Å². The Labute approximate surface area is 194 Å². The first-order chi connectivity index (χ1) is 15.3. The summed E-state index contributed by atoms with van der Waals surface area (Å²) >= 11 is 0. The van der Waals surface area contributed by atoms with Crippen LogP contribution in [0.4, 0.5) is 17.1 Å². The molecule has 8 nitrogen and oxygen atoms in total. The van der Waals surface area contributed by atoms with Crippen molar-refractivity contribution in [2.24, 2.45) is 0 Å². The van der Waals surface area contributed by atoms with Crippen molar-refractivity contribution in [3.05, 3.63) is 82.9 Å². The van der Waals surface area contributed by atoms with Gasteiger partial charge in [-0.1, -0.05) is 23.8 Å². The van der Waals surface area contributed by atoms with E-state index in [0.29, 0.717) is 22.6 Å². The van der Waals surface area contributed by atoms with Gasteiger partial charge in [0.1, 0.15) is 0 Å². The van der Waals surface area contributed by atoms with Crippen molar-refractivity contribution in [2.45, 2.75) is 25.7 Å². The van der Waals surface area contributed by atoms with Crippen LogP contribution in [0.3, 0.4) is 0 Å². The molecule has 0 radical (unpaired) electrons. The van der Waals surface area contributed by atoms with Gasteiger partial charge in [0.2, 0.25) is 10.0 Å². The van der Waals surface area contributed by atoms with Crippen molar-refractivity contribution in [3.63, 3.8) is 0 Å². The number of hydrogen-bond acceptors (Lipinski definition) is 5. The van der Waals surface area contributed by atoms with Crippen LogP contribution in [0, 0.1) is 20.8 Å². The second kappa shape index (κ2) is 9.24. The molecule has 3 aromatic rings. The second-order valence-corrected chi connectivity index (χ2v) is 11.2. The standard InChI is InChI=1S/C23H25N3O5S2/c1-15-5-12-21(17(3)13-15)26-33(30,31)20-10-8-19(9-11-20)24-23(27)18-7-6-16(2)22(14-18)25-32(4,28)29/h5-14,25-26H,1-4H3,(H,24,27). The molecule has 0 saturated heterocycles. The molecule has 3 rings (SSSR count). The van der Waals surface area contributed by atoms with Crippen molar-refractivity contribution in [1.29, 1.82) is 0 Å². The number of rotatable bonds is 7. The van der Waals surface area contributed by atoms with E-state index in [1.54, 1.807) is 25.1 Å². The molecule has 1 amide bonds. The lowest BCUT2D eigenvalue weighted by molar-refractivity contribution is 0.102. The normalized spacial score (nSPS) is 11.6.